The number of carbonyl (C=O) groups excluding carboxylic acids is 2. The molecule has 0 radical (unpaired) electrons. The van der Waals surface area contributed by atoms with Crippen LogP contribution >= 0.6 is 0 Å². The van der Waals surface area contributed by atoms with Crippen LogP contribution in [0, 0.1) is 0 Å². The van der Waals surface area contributed by atoms with Gasteiger partial charge in [0.25, 0.3) is 0 Å². The number of ketones is 2. The minimum atomic E-state index is -0.678. The quantitative estimate of drug-likeness (QED) is 0.343. The first-order chi connectivity index (χ1) is 9.49. The molecule has 0 unspecified atom stereocenters. The summed E-state index contributed by atoms with van der Waals surface area (Å²) in [4.78, 5) is 23.8. The van der Waals surface area contributed by atoms with Crippen LogP contribution in [0.4, 0.5) is 0 Å². The molecule has 0 atom stereocenters. The van der Waals surface area contributed by atoms with E-state index in [4.69, 9.17) is 0 Å². The molecule has 0 aromatic heterocycles. The maximum atomic E-state index is 12.0. The molecular formula is C15H12O5. The number of carbonyl (C=O) groups is 2. The van der Waals surface area contributed by atoms with E-state index in [1.807, 2.05) is 0 Å². The normalized spacial score (nSPS) is 10.2. The van der Waals surface area contributed by atoms with Gasteiger partial charge in [0.15, 0.2) is 23.1 Å². The van der Waals surface area contributed by atoms with Crippen molar-refractivity contribution in [1.82, 2.24) is 0 Å². The Bertz CT molecular complexity index is 661. The molecule has 2 aromatic rings. The third kappa shape index (κ3) is 2.77. The molecule has 102 valence electrons. The maximum absolute atomic E-state index is 12.0. The molecular weight excluding hydrogens is 260 g/mol. The zero-order chi connectivity index (χ0) is 14.7. The lowest BCUT2D eigenvalue weighted by Gasteiger charge is -2.06. The number of benzene rings is 2. The van der Waals surface area contributed by atoms with E-state index in [9.17, 15) is 24.9 Å². The van der Waals surface area contributed by atoms with Crippen molar-refractivity contribution in [2.24, 2.45) is 0 Å². The van der Waals surface area contributed by atoms with Gasteiger partial charge in [-0.25, -0.2) is 0 Å². The summed E-state index contributed by atoms with van der Waals surface area (Å²) in [6, 6.07) is 10.2. The molecule has 2 aromatic carbocycles. The molecule has 0 aliphatic heterocycles. The number of phenols is 3. The molecule has 0 saturated carbocycles. The molecule has 0 heterocycles. The van der Waals surface area contributed by atoms with Crippen molar-refractivity contribution in [2.75, 3.05) is 0 Å². The lowest BCUT2D eigenvalue weighted by atomic mass is 10.0. The zero-order valence-corrected chi connectivity index (χ0v) is 10.4. The number of aromatic hydroxyl groups is 3. The van der Waals surface area contributed by atoms with Gasteiger partial charge in [-0.15, -0.1) is 0 Å². The fourth-order valence-corrected chi connectivity index (χ4v) is 1.78. The number of hydrogen-bond acceptors (Lipinski definition) is 5. The third-order valence-electron chi connectivity index (χ3n) is 2.79. The average Bonchev–Trinajstić information content (AvgIpc) is 2.43. The van der Waals surface area contributed by atoms with Gasteiger partial charge in [-0.2, -0.15) is 0 Å². The van der Waals surface area contributed by atoms with Crippen LogP contribution in [0.15, 0.2) is 42.5 Å². The predicted molar refractivity (Wildman–Crippen MR) is 71.2 cm³/mol. The van der Waals surface area contributed by atoms with E-state index >= 15 is 0 Å². The molecule has 5 heteroatoms. The van der Waals surface area contributed by atoms with Crippen LogP contribution in [0.5, 0.6) is 17.2 Å². The minimum absolute atomic E-state index is 0.285. The summed E-state index contributed by atoms with van der Waals surface area (Å²) < 4.78 is 0. The molecule has 0 aliphatic rings. The van der Waals surface area contributed by atoms with Crippen molar-refractivity contribution >= 4 is 11.6 Å². The number of Topliss-reactive ketones (excluding diaryl/α,β-unsaturated/α-hetero) is 2. The van der Waals surface area contributed by atoms with E-state index in [1.54, 1.807) is 30.3 Å². The van der Waals surface area contributed by atoms with E-state index in [2.05, 4.69) is 0 Å². The number of rotatable bonds is 4. The first-order valence-corrected chi connectivity index (χ1v) is 5.85. The van der Waals surface area contributed by atoms with Crippen LogP contribution in [0.3, 0.4) is 0 Å². The van der Waals surface area contributed by atoms with E-state index in [0.29, 0.717) is 5.56 Å². The predicted octanol–water partition coefficient (Wildman–Crippen LogP) is 2.26. The van der Waals surface area contributed by atoms with Gasteiger partial charge in [0, 0.05) is 11.6 Å². The molecule has 20 heavy (non-hydrogen) atoms. The Morgan fingerprint density at radius 3 is 2.20 bits per heavy atom. The van der Waals surface area contributed by atoms with E-state index in [-0.39, 0.29) is 11.3 Å². The van der Waals surface area contributed by atoms with Gasteiger partial charge in [0.2, 0.25) is 0 Å². The highest BCUT2D eigenvalue weighted by atomic mass is 16.3. The second kappa shape index (κ2) is 5.44. The highest BCUT2D eigenvalue weighted by Gasteiger charge is 2.19. The fourth-order valence-electron chi connectivity index (χ4n) is 1.78. The summed E-state index contributed by atoms with van der Waals surface area (Å²) in [6.07, 6.45) is -0.458. The summed E-state index contributed by atoms with van der Waals surface area (Å²) in [5, 5.41) is 28.2. The van der Waals surface area contributed by atoms with Crippen LogP contribution in [-0.4, -0.2) is 26.9 Å². The van der Waals surface area contributed by atoms with Gasteiger partial charge in [-0.3, -0.25) is 9.59 Å². The smallest absolute Gasteiger partial charge is 0.174 e. The Morgan fingerprint density at radius 2 is 1.55 bits per heavy atom. The maximum Gasteiger partial charge on any atom is 0.174 e. The number of phenolic OH excluding ortho intramolecular Hbond substituents is 3. The largest absolute Gasteiger partial charge is 0.508 e. The average molecular weight is 272 g/mol. The van der Waals surface area contributed by atoms with Crippen LogP contribution in [0.25, 0.3) is 0 Å². The van der Waals surface area contributed by atoms with Crippen LogP contribution in [0.2, 0.25) is 0 Å². The van der Waals surface area contributed by atoms with Crippen molar-refractivity contribution in [1.29, 1.82) is 0 Å². The molecule has 0 amide bonds. The van der Waals surface area contributed by atoms with Crippen LogP contribution in [0.1, 0.15) is 27.1 Å². The van der Waals surface area contributed by atoms with Crippen molar-refractivity contribution in [3.05, 3.63) is 53.6 Å². The molecule has 0 aliphatic carbocycles. The van der Waals surface area contributed by atoms with E-state index in [0.717, 1.165) is 12.1 Å². The SMILES string of the molecule is O=C(CC(=O)c1cc(O)cc(O)c1O)c1ccccc1. The Hall–Kier alpha value is -2.82. The first kappa shape index (κ1) is 13.6. The second-order valence-electron chi connectivity index (χ2n) is 4.25. The Labute approximate surface area is 114 Å². The lowest BCUT2D eigenvalue weighted by Crippen LogP contribution is -2.08. The Kier molecular flexibility index (Phi) is 3.70. The summed E-state index contributed by atoms with van der Waals surface area (Å²) >= 11 is 0. The Morgan fingerprint density at radius 1 is 0.900 bits per heavy atom. The summed E-state index contributed by atoms with van der Waals surface area (Å²) in [5.74, 6) is -2.70. The molecule has 2 rings (SSSR count). The van der Waals surface area contributed by atoms with Gasteiger partial charge in [-0.05, 0) is 6.07 Å². The van der Waals surface area contributed by atoms with E-state index < -0.39 is 29.5 Å². The minimum Gasteiger partial charge on any atom is -0.508 e. The van der Waals surface area contributed by atoms with Gasteiger partial charge >= 0.3 is 0 Å². The molecule has 0 bridgehead atoms. The van der Waals surface area contributed by atoms with Crippen molar-refractivity contribution < 1.29 is 24.9 Å². The van der Waals surface area contributed by atoms with Gasteiger partial charge in [0.05, 0.1) is 12.0 Å². The summed E-state index contributed by atoms with van der Waals surface area (Å²) in [5.41, 5.74) is 0.0940. The highest BCUT2D eigenvalue weighted by molar-refractivity contribution is 6.14. The van der Waals surface area contributed by atoms with Gasteiger partial charge in [0.1, 0.15) is 5.75 Å². The molecule has 3 N–H and O–H groups in total. The van der Waals surface area contributed by atoms with Gasteiger partial charge in [-0.1, -0.05) is 30.3 Å². The lowest BCUT2D eigenvalue weighted by molar-refractivity contribution is 0.0892. The standard InChI is InChI=1S/C15H12O5/c16-10-6-11(15(20)14(19)7-10)13(18)8-12(17)9-4-2-1-3-5-9/h1-7,16,19-20H,8H2. The van der Waals surface area contributed by atoms with Crippen molar-refractivity contribution in [3.8, 4) is 17.2 Å². The van der Waals surface area contributed by atoms with Crippen molar-refractivity contribution in [2.45, 2.75) is 6.42 Å². The van der Waals surface area contributed by atoms with Gasteiger partial charge < -0.3 is 15.3 Å². The topological polar surface area (TPSA) is 94.8 Å². The Balaban J connectivity index is 2.23. The first-order valence-electron chi connectivity index (χ1n) is 5.85. The zero-order valence-electron chi connectivity index (χ0n) is 10.4. The summed E-state index contributed by atoms with van der Waals surface area (Å²) in [6.45, 7) is 0. The third-order valence-corrected chi connectivity index (χ3v) is 2.79. The summed E-state index contributed by atoms with van der Waals surface area (Å²) in [7, 11) is 0. The fraction of sp³-hybridized carbons (Fsp3) is 0.0667. The highest BCUT2D eigenvalue weighted by Crippen LogP contribution is 2.33. The molecule has 5 nitrogen and oxygen atoms in total. The van der Waals surface area contributed by atoms with Crippen molar-refractivity contribution in [3.63, 3.8) is 0 Å². The van der Waals surface area contributed by atoms with Crippen LogP contribution < -0.4 is 0 Å². The van der Waals surface area contributed by atoms with E-state index in [1.165, 1.54) is 0 Å². The molecule has 0 fully saturated rings. The molecule has 0 saturated heterocycles. The monoisotopic (exact) mass is 272 g/mol. The van der Waals surface area contributed by atoms with Crippen LogP contribution in [-0.2, 0) is 0 Å². The number of hydrogen-bond donors (Lipinski definition) is 3. The second-order valence-corrected chi connectivity index (χ2v) is 4.25. The molecule has 0 spiro atoms.